The number of nitrogens with zero attached hydrogens (tertiary/aromatic N) is 1. The Bertz CT molecular complexity index is 1070. The van der Waals surface area contributed by atoms with E-state index in [0.29, 0.717) is 17.7 Å². The van der Waals surface area contributed by atoms with Crippen molar-refractivity contribution >= 4 is 23.1 Å². The Morgan fingerprint density at radius 1 is 1.10 bits per heavy atom. The van der Waals surface area contributed by atoms with Crippen LogP contribution in [0.2, 0.25) is 0 Å². The van der Waals surface area contributed by atoms with Crippen LogP contribution in [0.15, 0.2) is 59.8 Å². The van der Waals surface area contributed by atoms with Crippen molar-refractivity contribution in [3.63, 3.8) is 0 Å². The summed E-state index contributed by atoms with van der Waals surface area (Å²) in [5.74, 6) is 0.473. The Morgan fingerprint density at radius 3 is 2.48 bits per heavy atom. The van der Waals surface area contributed by atoms with Gasteiger partial charge in [-0.3, -0.25) is 14.5 Å². The number of ketones is 1. The molecule has 31 heavy (non-hydrogen) atoms. The molecule has 162 valence electrons. The first-order valence-corrected chi connectivity index (χ1v) is 10.8. The fraction of sp³-hybridized carbons (Fsp3) is 0.385. The summed E-state index contributed by atoms with van der Waals surface area (Å²) in [7, 11) is 1.62. The quantitative estimate of drug-likeness (QED) is 0.716. The average Bonchev–Trinajstić information content (AvgIpc) is 2.86. The van der Waals surface area contributed by atoms with Crippen LogP contribution in [0.4, 0.5) is 11.4 Å². The highest BCUT2D eigenvalue weighted by Gasteiger charge is 2.44. The highest BCUT2D eigenvalue weighted by molar-refractivity contribution is 6.06. The number of benzene rings is 2. The zero-order valence-electron chi connectivity index (χ0n) is 18.9. The first kappa shape index (κ1) is 21.2. The van der Waals surface area contributed by atoms with Gasteiger partial charge in [0.1, 0.15) is 5.75 Å². The second-order valence-corrected chi connectivity index (χ2v) is 9.48. The van der Waals surface area contributed by atoms with Crippen LogP contribution < -0.4 is 15.0 Å². The van der Waals surface area contributed by atoms with Crippen molar-refractivity contribution in [2.45, 2.75) is 46.6 Å². The number of Topliss-reactive ketones (excluding diaryl/α,β-unsaturated/α-hetero) is 1. The molecule has 5 nitrogen and oxygen atoms in total. The fourth-order valence-corrected chi connectivity index (χ4v) is 4.69. The molecule has 1 atom stereocenters. The molecule has 0 saturated heterocycles. The topological polar surface area (TPSA) is 58.6 Å². The molecular weight excluding hydrogens is 388 g/mol. The van der Waals surface area contributed by atoms with Gasteiger partial charge >= 0.3 is 0 Å². The molecule has 2 aromatic rings. The molecule has 0 bridgehead atoms. The number of carbonyl (C=O) groups excluding carboxylic acids is 2. The summed E-state index contributed by atoms with van der Waals surface area (Å²) < 4.78 is 5.68. The van der Waals surface area contributed by atoms with E-state index in [9.17, 15) is 9.59 Å². The number of para-hydroxylation sites is 3. The van der Waals surface area contributed by atoms with Gasteiger partial charge in [-0.2, -0.15) is 0 Å². The molecule has 1 aliphatic heterocycles. The van der Waals surface area contributed by atoms with Gasteiger partial charge in [0.15, 0.2) is 5.78 Å². The summed E-state index contributed by atoms with van der Waals surface area (Å²) in [6.45, 7) is 8.01. The van der Waals surface area contributed by atoms with Gasteiger partial charge in [-0.1, -0.05) is 58.0 Å². The first-order valence-electron chi connectivity index (χ1n) is 10.8. The van der Waals surface area contributed by atoms with E-state index in [4.69, 9.17) is 4.74 Å². The van der Waals surface area contributed by atoms with Crippen LogP contribution >= 0.6 is 0 Å². The SMILES string of the molecule is COc1ccccc1C1C2=C(CC(C)(C)CC2=O)Nc2ccccc2N1C(=O)C(C)C. The number of hydrogen-bond acceptors (Lipinski definition) is 4. The highest BCUT2D eigenvalue weighted by Crippen LogP contribution is 2.49. The molecule has 2 aliphatic rings. The molecule has 2 aromatic carbocycles. The predicted octanol–water partition coefficient (Wildman–Crippen LogP) is 5.49. The van der Waals surface area contributed by atoms with E-state index in [2.05, 4.69) is 19.2 Å². The van der Waals surface area contributed by atoms with Gasteiger partial charge in [0.25, 0.3) is 0 Å². The van der Waals surface area contributed by atoms with E-state index < -0.39 is 6.04 Å². The zero-order chi connectivity index (χ0) is 22.3. The molecule has 1 heterocycles. The number of allylic oxidation sites excluding steroid dienone is 1. The molecule has 1 unspecified atom stereocenters. The molecule has 5 heteroatoms. The van der Waals surface area contributed by atoms with Crippen LogP contribution in [0.25, 0.3) is 0 Å². The van der Waals surface area contributed by atoms with Crippen LogP contribution in [0.1, 0.15) is 52.1 Å². The Labute approximate surface area is 184 Å². The summed E-state index contributed by atoms with van der Waals surface area (Å²) in [4.78, 5) is 29.0. The molecule has 1 aliphatic carbocycles. The van der Waals surface area contributed by atoms with Crippen molar-refractivity contribution in [3.8, 4) is 5.75 Å². The lowest BCUT2D eigenvalue weighted by Crippen LogP contribution is -2.41. The number of nitrogens with one attached hydrogen (secondary N) is 1. The molecule has 1 N–H and O–H groups in total. The standard InChI is InChI=1S/C26H30N2O3/c1-16(2)25(30)28-20-12-8-7-11-18(20)27-19-14-26(3,4)15-21(29)23(19)24(28)17-10-6-9-13-22(17)31-5/h6-13,16,24,27H,14-15H2,1-5H3. The predicted molar refractivity (Wildman–Crippen MR) is 123 cm³/mol. The van der Waals surface area contributed by atoms with E-state index in [-0.39, 0.29) is 23.0 Å². The smallest absolute Gasteiger partial charge is 0.230 e. The first-order chi connectivity index (χ1) is 14.7. The van der Waals surface area contributed by atoms with Crippen LogP contribution in [0.5, 0.6) is 5.75 Å². The summed E-state index contributed by atoms with van der Waals surface area (Å²) >= 11 is 0. The van der Waals surface area contributed by atoms with E-state index in [0.717, 1.165) is 29.1 Å². The lowest BCUT2D eigenvalue weighted by Gasteiger charge is -2.38. The summed E-state index contributed by atoms with van der Waals surface area (Å²) in [6.07, 6.45) is 1.18. The minimum atomic E-state index is -0.555. The minimum absolute atomic E-state index is 0.0310. The number of carbonyl (C=O) groups is 2. The van der Waals surface area contributed by atoms with Crippen molar-refractivity contribution in [2.75, 3.05) is 17.3 Å². The molecule has 0 spiro atoms. The van der Waals surface area contributed by atoms with E-state index in [1.165, 1.54) is 0 Å². The number of ether oxygens (including phenoxy) is 1. The third-order valence-electron chi connectivity index (χ3n) is 6.07. The van der Waals surface area contributed by atoms with Crippen LogP contribution in [-0.4, -0.2) is 18.8 Å². The summed E-state index contributed by atoms with van der Waals surface area (Å²) in [5.41, 5.74) is 3.83. The number of methoxy groups -OCH3 is 1. The third kappa shape index (κ3) is 3.73. The maximum atomic E-state index is 13.6. The number of anilines is 2. The van der Waals surface area contributed by atoms with Gasteiger partial charge in [-0.05, 0) is 30.0 Å². The Balaban J connectivity index is 2.06. The second kappa shape index (κ2) is 7.88. The second-order valence-electron chi connectivity index (χ2n) is 9.48. The van der Waals surface area contributed by atoms with Gasteiger partial charge in [0, 0.05) is 29.2 Å². The van der Waals surface area contributed by atoms with E-state index in [1.54, 1.807) is 12.0 Å². The van der Waals surface area contributed by atoms with Crippen molar-refractivity contribution in [2.24, 2.45) is 11.3 Å². The molecular formula is C26H30N2O3. The zero-order valence-corrected chi connectivity index (χ0v) is 18.9. The van der Waals surface area contributed by atoms with Crippen LogP contribution in [0.3, 0.4) is 0 Å². The molecule has 4 rings (SSSR count). The molecule has 0 fully saturated rings. The largest absolute Gasteiger partial charge is 0.496 e. The normalized spacial score (nSPS) is 20.0. The Morgan fingerprint density at radius 2 is 1.77 bits per heavy atom. The van der Waals surface area contributed by atoms with Crippen LogP contribution in [0, 0.1) is 11.3 Å². The van der Waals surface area contributed by atoms with E-state index in [1.807, 2.05) is 62.4 Å². The lowest BCUT2D eigenvalue weighted by molar-refractivity contribution is -0.122. The Hall–Kier alpha value is -3.08. The highest BCUT2D eigenvalue weighted by atomic mass is 16.5. The lowest BCUT2D eigenvalue weighted by atomic mass is 9.73. The summed E-state index contributed by atoms with van der Waals surface area (Å²) in [6, 6.07) is 14.9. The van der Waals surface area contributed by atoms with E-state index >= 15 is 0 Å². The van der Waals surface area contributed by atoms with Gasteiger partial charge < -0.3 is 10.1 Å². The maximum Gasteiger partial charge on any atom is 0.230 e. The van der Waals surface area contributed by atoms with Gasteiger partial charge in [0.05, 0.1) is 24.5 Å². The average molecular weight is 419 g/mol. The van der Waals surface area contributed by atoms with Crippen molar-refractivity contribution < 1.29 is 14.3 Å². The fourth-order valence-electron chi connectivity index (χ4n) is 4.69. The summed E-state index contributed by atoms with van der Waals surface area (Å²) in [5, 5.41) is 3.53. The Kier molecular flexibility index (Phi) is 5.38. The molecule has 1 amide bonds. The van der Waals surface area contributed by atoms with Gasteiger partial charge in [0.2, 0.25) is 5.91 Å². The van der Waals surface area contributed by atoms with Gasteiger partial charge in [-0.15, -0.1) is 0 Å². The number of hydrogen-bond donors (Lipinski definition) is 1. The monoisotopic (exact) mass is 418 g/mol. The minimum Gasteiger partial charge on any atom is -0.496 e. The van der Waals surface area contributed by atoms with Gasteiger partial charge in [-0.25, -0.2) is 0 Å². The number of fused-ring (bicyclic) bond motifs is 1. The van der Waals surface area contributed by atoms with Crippen LogP contribution in [-0.2, 0) is 9.59 Å². The number of amides is 1. The van der Waals surface area contributed by atoms with Crippen molar-refractivity contribution in [1.82, 2.24) is 0 Å². The van der Waals surface area contributed by atoms with Crippen molar-refractivity contribution in [1.29, 1.82) is 0 Å². The third-order valence-corrected chi connectivity index (χ3v) is 6.07. The molecule has 0 saturated carbocycles. The van der Waals surface area contributed by atoms with Crippen molar-refractivity contribution in [3.05, 3.63) is 65.4 Å². The molecule has 0 aromatic heterocycles. The molecule has 0 radical (unpaired) electrons. The number of rotatable bonds is 3. The maximum absolute atomic E-state index is 13.6.